The van der Waals surface area contributed by atoms with Crippen LogP contribution in [-0.4, -0.2) is 35.2 Å². The minimum atomic E-state index is -0.338. The third-order valence-electron chi connectivity index (χ3n) is 4.47. The van der Waals surface area contributed by atoms with Gasteiger partial charge in [0.1, 0.15) is 5.82 Å². The molecule has 0 radical (unpaired) electrons. The number of nitrogens with one attached hydrogen (secondary N) is 1. The molecule has 1 unspecified atom stereocenters. The average molecular weight is 363 g/mol. The van der Waals surface area contributed by atoms with Crippen LogP contribution < -0.4 is 10.2 Å². The molecule has 1 atom stereocenters. The van der Waals surface area contributed by atoms with E-state index in [0.717, 1.165) is 35.4 Å². The highest BCUT2D eigenvalue weighted by atomic mass is 16.3. The van der Waals surface area contributed by atoms with Gasteiger partial charge in [-0.3, -0.25) is 4.79 Å². The summed E-state index contributed by atoms with van der Waals surface area (Å²) in [6.07, 6.45) is 0.384. The number of aliphatic hydroxyl groups excluding tert-OH is 1. The van der Waals surface area contributed by atoms with Gasteiger partial charge in [-0.15, -0.1) is 0 Å². The van der Waals surface area contributed by atoms with Crippen molar-refractivity contribution in [1.29, 1.82) is 0 Å². The lowest BCUT2D eigenvalue weighted by Crippen LogP contribution is -2.23. The average Bonchev–Trinajstić information content (AvgIpc) is 3.16. The molecule has 2 N–H and O–H groups in total. The molecule has 140 valence electrons. The first-order valence-electron chi connectivity index (χ1n) is 9.40. The zero-order valence-electron chi connectivity index (χ0n) is 15.7. The summed E-state index contributed by atoms with van der Waals surface area (Å²) in [4.78, 5) is 19.6. The molecule has 1 aliphatic rings. The topological polar surface area (TPSA) is 65.5 Å². The lowest BCUT2D eigenvalue weighted by Gasteiger charge is -2.18. The fourth-order valence-corrected chi connectivity index (χ4v) is 3.18. The number of benzene rings is 2. The molecule has 0 bridgehead atoms. The number of β-amino-alcohol motifs (C(OH)–C–C–N with tert-alkyl or cyclic N) is 1. The van der Waals surface area contributed by atoms with Crippen molar-refractivity contribution in [3.05, 3.63) is 66.2 Å². The predicted octanol–water partition coefficient (Wildman–Crippen LogP) is 4.08. The van der Waals surface area contributed by atoms with E-state index in [9.17, 15) is 9.90 Å². The number of amides is 1. The van der Waals surface area contributed by atoms with Crippen molar-refractivity contribution in [2.75, 3.05) is 23.3 Å². The molecular weight excluding hydrogens is 338 g/mol. The molecule has 2 aromatic carbocycles. The van der Waals surface area contributed by atoms with E-state index >= 15 is 0 Å². The maximum absolute atomic E-state index is 12.9. The van der Waals surface area contributed by atoms with E-state index in [0.29, 0.717) is 12.1 Å². The lowest BCUT2D eigenvalue weighted by molar-refractivity contribution is 0.102. The van der Waals surface area contributed by atoms with Crippen molar-refractivity contribution in [2.24, 2.45) is 0 Å². The summed E-state index contributed by atoms with van der Waals surface area (Å²) in [5, 5.41) is 13.6. The van der Waals surface area contributed by atoms with Crippen LogP contribution in [0.2, 0.25) is 0 Å². The maximum Gasteiger partial charge on any atom is 0.256 e. The van der Waals surface area contributed by atoms with Crippen LogP contribution in [0, 0.1) is 0 Å². The number of fused-ring (bicyclic) bond motifs is 1. The van der Waals surface area contributed by atoms with Gasteiger partial charge in [0.2, 0.25) is 0 Å². The van der Waals surface area contributed by atoms with Crippen LogP contribution >= 0.6 is 0 Å². The van der Waals surface area contributed by atoms with Crippen LogP contribution in [0.4, 0.5) is 11.5 Å². The molecule has 1 fully saturated rings. The van der Waals surface area contributed by atoms with Gasteiger partial charge in [0.05, 0.1) is 17.2 Å². The Labute approximate surface area is 159 Å². The van der Waals surface area contributed by atoms with E-state index in [1.807, 2.05) is 79.4 Å². The first-order chi connectivity index (χ1) is 13.2. The van der Waals surface area contributed by atoms with Crippen LogP contribution in [-0.2, 0) is 0 Å². The second-order valence-electron chi connectivity index (χ2n) is 6.25. The number of aromatic nitrogens is 1. The van der Waals surface area contributed by atoms with Crippen molar-refractivity contribution < 1.29 is 9.90 Å². The summed E-state index contributed by atoms with van der Waals surface area (Å²) in [7, 11) is 0. The van der Waals surface area contributed by atoms with Crippen molar-refractivity contribution in [3.63, 3.8) is 0 Å². The Morgan fingerprint density at radius 2 is 1.81 bits per heavy atom. The third-order valence-corrected chi connectivity index (χ3v) is 4.47. The molecule has 1 saturated heterocycles. The number of hydrogen-bond donors (Lipinski definition) is 2. The van der Waals surface area contributed by atoms with Crippen molar-refractivity contribution in [1.82, 2.24) is 4.98 Å². The van der Waals surface area contributed by atoms with E-state index in [1.165, 1.54) is 0 Å². The standard InChI is InChI=1S/C20H19N3O2.C2H6/c24-15-10-11-23(13-15)19-12-17(16-8-4-5-9-18(16)22-19)20(25)21-14-6-2-1-3-7-14;1-2/h1-9,12,15,24H,10-11,13H2,(H,21,25);1-2H3. The molecule has 1 aromatic heterocycles. The normalized spacial score (nSPS) is 16.0. The number of para-hydroxylation sites is 2. The minimum Gasteiger partial charge on any atom is -0.391 e. The van der Waals surface area contributed by atoms with E-state index in [1.54, 1.807) is 0 Å². The Morgan fingerprint density at radius 1 is 1.11 bits per heavy atom. The summed E-state index contributed by atoms with van der Waals surface area (Å²) in [6.45, 7) is 5.29. The highest BCUT2D eigenvalue weighted by Gasteiger charge is 2.23. The second-order valence-corrected chi connectivity index (χ2v) is 6.25. The zero-order valence-corrected chi connectivity index (χ0v) is 15.7. The summed E-state index contributed by atoms with van der Waals surface area (Å²) in [5.74, 6) is 0.569. The highest BCUT2D eigenvalue weighted by molar-refractivity contribution is 6.13. The number of rotatable bonds is 3. The second kappa shape index (κ2) is 8.64. The smallest absolute Gasteiger partial charge is 0.256 e. The number of aliphatic hydroxyl groups is 1. The summed E-state index contributed by atoms with van der Waals surface area (Å²) in [5.41, 5.74) is 2.12. The molecule has 0 aliphatic carbocycles. The van der Waals surface area contributed by atoms with Crippen LogP contribution in [0.5, 0.6) is 0 Å². The van der Waals surface area contributed by atoms with Crippen LogP contribution in [0.3, 0.4) is 0 Å². The van der Waals surface area contributed by atoms with Crippen molar-refractivity contribution >= 4 is 28.3 Å². The monoisotopic (exact) mass is 363 g/mol. The van der Waals surface area contributed by atoms with Gasteiger partial charge in [-0.05, 0) is 30.7 Å². The molecule has 3 aromatic rings. The van der Waals surface area contributed by atoms with E-state index in [2.05, 4.69) is 10.3 Å². The van der Waals surface area contributed by atoms with Gasteiger partial charge < -0.3 is 15.3 Å². The van der Waals surface area contributed by atoms with Crippen LogP contribution in [0.1, 0.15) is 30.6 Å². The van der Waals surface area contributed by atoms with Gasteiger partial charge in [0.15, 0.2) is 0 Å². The summed E-state index contributed by atoms with van der Waals surface area (Å²) >= 11 is 0. The molecule has 27 heavy (non-hydrogen) atoms. The van der Waals surface area contributed by atoms with E-state index in [-0.39, 0.29) is 12.0 Å². The molecule has 1 amide bonds. The summed E-state index contributed by atoms with van der Waals surface area (Å²) in [6, 6.07) is 18.9. The van der Waals surface area contributed by atoms with Gasteiger partial charge in [0, 0.05) is 24.2 Å². The highest BCUT2D eigenvalue weighted by Crippen LogP contribution is 2.26. The molecule has 5 heteroatoms. The minimum absolute atomic E-state index is 0.161. The number of anilines is 2. The first kappa shape index (κ1) is 18.9. The van der Waals surface area contributed by atoms with Gasteiger partial charge in [0.25, 0.3) is 5.91 Å². The number of carbonyl (C=O) groups excluding carboxylic acids is 1. The number of hydrogen-bond acceptors (Lipinski definition) is 4. The quantitative estimate of drug-likeness (QED) is 0.736. The van der Waals surface area contributed by atoms with Crippen LogP contribution in [0.25, 0.3) is 10.9 Å². The summed E-state index contributed by atoms with van der Waals surface area (Å²) < 4.78 is 0. The molecule has 1 aliphatic heterocycles. The molecule has 0 saturated carbocycles. The lowest BCUT2D eigenvalue weighted by atomic mass is 10.1. The fourth-order valence-electron chi connectivity index (χ4n) is 3.18. The predicted molar refractivity (Wildman–Crippen MR) is 110 cm³/mol. The molecule has 0 spiro atoms. The van der Waals surface area contributed by atoms with Crippen LogP contribution in [0.15, 0.2) is 60.7 Å². The number of pyridine rings is 1. The first-order valence-corrected chi connectivity index (χ1v) is 9.40. The van der Waals surface area contributed by atoms with Crippen molar-refractivity contribution in [2.45, 2.75) is 26.4 Å². The zero-order chi connectivity index (χ0) is 19.2. The molecule has 4 rings (SSSR count). The number of nitrogens with zero attached hydrogens (tertiary/aromatic N) is 2. The van der Waals surface area contributed by atoms with Gasteiger partial charge in [-0.25, -0.2) is 4.98 Å². The molecule has 2 heterocycles. The Hall–Kier alpha value is -2.92. The number of carbonyl (C=O) groups is 1. The van der Waals surface area contributed by atoms with Gasteiger partial charge >= 0.3 is 0 Å². The molecular formula is C22H25N3O2. The fraction of sp³-hybridized carbons (Fsp3) is 0.273. The SMILES string of the molecule is CC.O=C(Nc1ccccc1)c1cc(N2CCC(O)C2)nc2ccccc12. The molecule has 5 nitrogen and oxygen atoms in total. The van der Waals surface area contributed by atoms with Gasteiger partial charge in [-0.2, -0.15) is 0 Å². The maximum atomic E-state index is 12.9. The van der Waals surface area contributed by atoms with E-state index in [4.69, 9.17) is 0 Å². The largest absolute Gasteiger partial charge is 0.391 e. The van der Waals surface area contributed by atoms with Crippen molar-refractivity contribution in [3.8, 4) is 0 Å². The Morgan fingerprint density at radius 3 is 2.52 bits per heavy atom. The Kier molecular flexibility index (Phi) is 6.04. The third kappa shape index (κ3) is 4.26. The van der Waals surface area contributed by atoms with E-state index < -0.39 is 0 Å². The Balaban J connectivity index is 0.00000102. The van der Waals surface area contributed by atoms with Gasteiger partial charge in [-0.1, -0.05) is 50.2 Å². The Bertz CT molecular complexity index is 912.